The highest BCUT2D eigenvalue weighted by Gasteiger charge is 2.15. The van der Waals surface area contributed by atoms with Crippen molar-refractivity contribution in [2.45, 2.75) is 6.61 Å². The van der Waals surface area contributed by atoms with Crippen molar-refractivity contribution in [2.24, 2.45) is 0 Å². The van der Waals surface area contributed by atoms with Gasteiger partial charge in [0.1, 0.15) is 12.3 Å². The molecule has 0 spiro atoms. The molecule has 8 heteroatoms. The molecule has 6 nitrogen and oxygen atoms in total. The van der Waals surface area contributed by atoms with Crippen LogP contribution in [-0.2, 0) is 6.61 Å². The van der Waals surface area contributed by atoms with Gasteiger partial charge in [0, 0.05) is 49.5 Å². The van der Waals surface area contributed by atoms with Crippen molar-refractivity contribution in [2.75, 3.05) is 5.73 Å². The molecular weight excluding hydrogens is 413 g/mol. The van der Waals surface area contributed by atoms with Crippen molar-refractivity contribution < 1.29 is 14.6 Å². The minimum Gasteiger partial charge on any atom is -0.477 e. The van der Waals surface area contributed by atoms with E-state index in [0.29, 0.717) is 43.8 Å². The first-order valence-electron chi connectivity index (χ1n) is 8.60. The number of hydrogen-bond acceptors (Lipinski definition) is 4. The highest BCUT2D eigenvalue weighted by atomic mass is 35.5. The second-order valence-electron chi connectivity index (χ2n) is 6.36. The van der Waals surface area contributed by atoms with Crippen LogP contribution < -0.4 is 10.5 Å². The number of nitrogens with zero attached hydrogens (tertiary/aromatic N) is 1. The molecule has 0 radical (unpaired) electrons. The van der Waals surface area contributed by atoms with E-state index in [4.69, 9.17) is 33.7 Å². The van der Waals surface area contributed by atoms with E-state index in [0.717, 1.165) is 5.39 Å². The van der Waals surface area contributed by atoms with Crippen molar-refractivity contribution in [3.8, 4) is 17.0 Å². The Morgan fingerprint density at radius 1 is 1.10 bits per heavy atom. The minimum atomic E-state index is -1.04. The van der Waals surface area contributed by atoms with Gasteiger partial charge in [-0.3, -0.25) is 0 Å². The zero-order chi connectivity index (χ0) is 20.5. The quantitative estimate of drug-likeness (QED) is 0.370. The van der Waals surface area contributed by atoms with Gasteiger partial charge in [0.2, 0.25) is 5.88 Å². The highest BCUT2D eigenvalue weighted by molar-refractivity contribution is 6.35. The van der Waals surface area contributed by atoms with Crippen LogP contribution in [0.2, 0.25) is 10.0 Å². The number of nitrogens with one attached hydrogen (secondary N) is 1. The van der Waals surface area contributed by atoms with Crippen LogP contribution in [0.3, 0.4) is 0 Å². The predicted octanol–water partition coefficient (Wildman–Crippen LogP) is 5.40. The molecule has 29 heavy (non-hydrogen) atoms. The van der Waals surface area contributed by atoms with Gasteiger partial charge in [-0.2, -0.15) is 0 Å². The number of carboxylic acid groups (broad SMARTS) is 1. The number of aromatic nitrogens is 2. The maximum absolute atomic E-state index is 11.2. The van der Waals surface area contributed by atoms with Gasteiger partial charge in [0.05, 0.1) is 0 Å². The number of fused-ring (bicyclic) bond motifs is 1. The summed E-state index contributed by atoms with van der Waals surface area (Å²) in [5.74, 6) is -0.674. The van der Waals surface area contributed by atoms with Crippen LogP contribution >= 0.6 is 23.2 Å². The van der Waals surface area contributed by atoms with Crippen LogP contribution in [0, 0.1) is 0 Å². The number of rotatable bonds is 5. The molecule has 0 saturated heterocycles. The number of nitrogen functional groups attached to an aromatic ring is 1. The monoisotopic (exact) mass is 427 g/mol. The molecule has 0 atom stereocenters. The van der Waals surface area contributed by atoms with Gasteiger partial charge in [0.25, 0.3) is 0 Å². The van der Waals surface area contributed by atoms with Crippen LogP contribution in [-0.4, -0.2) is 21.0 Å². The van der Waals surface area contributed by atoms with E-state index in [1.165, 1.54) is 0 Å². The topological polar surface area (TPSA) is 101 Å². The summed E-state index contributed by atoms with van der Waals surface area (Å²) in [4.78, 5) is 18.4. The summed E-state index contributed by atoms with van der Waals surface area (Å²) in [7, 11) is 0. The number of carboxylic acids is 1. The van der Waals surface area contributed by atoms with Gasteiger partial charge in [0.15, 0.2) is 0 Å². The van der Waals surface area contributed by atoms with Crippen molar-refractivity contribution in [1.82, 2.24) is 9.97 Å². The molecule has 0 amide bonds. The normalized spacial score (nSPS) is 11.0. The lowest BCUT2D eigenvalue weighted by molar-refractivity contribution is 0.0691. The maximum atomic E-state index is 11.2. The van der Waals surface area contributed by atoms with Gasteiger partial charge in [-0.1, -0.05) is 29.3 Å². The average Bonchev–Trinajstić information content (AvgIpc) is 3.10. The summed E-state index contributed by atoms with van der Waals surface area (Å²) in [5.41, 5.74) is 9.44. The highest BCUT2D eigenvalue weighted by Crippen LogP contribution is 2.36. The van der Waals surface area contributed by atoms with E-state index in [2.05, 4.69) is 9.97 Å². The summed E-state index contributed by atoms with van der Waals surface area (Å²) in [6, 6.07) is 13.9. The van der Waals surface area contributed by atoms with Crippen LogP contribution in [0.5, 0.6) is 5.88 Å². The average molecular weight is 428 g/mol. The number of benzene rings is 2. The Labute approximate surface area is 175 Å². The summed E-state index contributed by atoms with van der Waals surface area (Å²) >= 11 is 12.4. The van der Waals surface area contributed by atoms with Gasteiger partial charge in [-0.15, -0.1) is 0 Å². The standard InChI is InChI=1S/C21H15Cl2N3O3/c22-15-4-1-5-16(23)14(15)10-29-20-12(3-2-6-25-20)13-7-11-8-19(21(27)28)26-18(11)9-17(13)24/h1-9,26H,10,24H2,(H,27,28). The van der Waals surface area contributed by atoms with Crippen molar-refractivity contribution in [3.05, 3.63) is 76.0 Å². The van der Waals surface area contributed by atoms with Crippen LogP contribution in [0.25, 0.3) is 22.0 Å². The molecule has 0 bridgehead atoms. The van der Waals surface area contributed by atoms with E-state index in [9.17, 15) is 9.90 Å². The molecule has 0 saturated carbocycles. The molecule has 2 heterocycles. The molecule has 0 aliphatic carbocycles. The lowest BCUT2D eigenvalue weighted by Crippen LogP contribution is -2.01. The summed E-state index contributed by atoms with van der Waals surface area (Å²) < 4.78 is 5.91. The molecule has 4 aromatic rings. The SMILES string of the molecule is Nc1cc2[nH]c(C(=O)O)cc2cc1-c1cccnc1OCc1c(Cl)cccc1Cl. The number of pyridine rings is 1. The zero-order valence-electron chi connectivity index (χ0n) is 14.9. The number of carbonyl (C=O) groups is 1. The molecular formula is C21H15Cl2N3O3. The number of aromatic carboxylic acids is 1. The van der Waals surface area contributed by atoms with Gasteiger partial charge in [-0.05, 0) is 42.5 Å². The first kappa shape index (κ1) is 19.1. The number of anilines is 1. The van der Waals surface area contributed by atoms with Crippen molar-refractivity contribution in [3.63, 3.8) is 0 Å². The molecule has 2 aromatic carbocycles. The third-order valence-electron chi connectivity index (χ3n) is 4.50. The third kappa shape index (κ3) is 3.72. The molecule has 0 aliphatic heterocycles. The Morgan fingerprint density at radius 2 is 1.86 bits per heavy atom. The number of nitrogens with two attached hydrogens (primary N) is 1. The molecule has 0 unspecified atom stereocenters. The van der Waals surface area contributed by atoms with Gasteiger partial charge < -0.3 is 20.6 Å². The minimum absolute atomic E-state index is 0.0903. The Kier molecular flexibility index (Phi) is 5.05. The smallest absolute Gasteiger partial charge is 0.352 e. The van der Waals surface area contributed by atoms with E-state index in [1.54, 1.807) is 48.7 Å². The molecule has 0 fully saturated rings. The second kappa shape index (κ2) is 7.66. The number of hydrogen-bond donors (Lipinski definition) is 3. The molecule has 4 N–H and O–H groups in total. The lowest BCUT2D eigenvalue weighted by Gasteiger charge is -2.13. The van der Waals surface area contributed by atoms with E-state index in [1.807, 2.05) is 6.07 Å². The Balaban J connectivity index is 1.73. The van der Waals surface area contributed by atoms with E-state index < -0.39 is 5.97 Å². The predicted molar refractivity (Wildman–Crippen MR) is 114 cm³/mol. The second-order valence-corrected chi connectivity index (χ2v) is 7.17. The number of ether oxygens (including phenoxy) is 1. The van der Waals surface area contributed by atoms with Crippen molar-refractivity contribution in [1.29, 1.82) is 0 Å². The Morgan fingerprint density at radius 3 is 2.59 bits per heavy atom. The Bertz CT molecular complexity index is 1220. The summed E-state index contributed by atoms with van der Waals surface area (Å²) in [6.07, 6.45) is 1.61. The number of aromatic amines is 1. The lowest BCUT2D eigenvalue weighted by atomic mass is 10.0. The number of halogens is 2. The summed E-state index contributed by atoms with van der Waals surface area (Å²) in [6.45, 7) is 0.137. The van der Waals surface area contributed by atoms with Gasteiger partial charge >= 0.3 is 5.97 Å². The molecule has 4 rings (SSSR count). The fourth-order valence-corrected chi connectivity index (χ4v) is 3.57. The summed E-state index contributed by atoms with van der Waals surface area (Å²) in [5, 5.41) is 10.9. The fraction of sp³-hybridized carbons (Fsp3) is 0.0476. The third-order valence-corrected chi connectivity index (χ3v) is 5.21. The van der Waals surface area contributed by atoms with Crippen LogP contribution in [0.1, 0.15) is 16.1 Å². The number of H-pyrrole nitrogens is 1. The van der Waals surface area contributed by atoms with Crippen LogP contribution in [0.15, 0.2) is 54.7 Å². The molecule has 146 valence electrons. The molecule has 0 aliphatic rings. The van der Waals surface area contributed by atoms with E-state index >= 15 is 0 Å². The first-order chi connectivity index (χ1) is 13.9. The Hall–Kier alpha value is -3.22. The van der Waals surface area contributed by atoms with E-state index in [-0.39, 0.29) is 12.3 Å². The van der Waals surface area contributed by atoms with Gasteiger partial charge in [-0.25, -0.2) is 9.78 Å². The first-order valence-corrected chi connectivity index (χ1v) is 9.36. The maximum Gasteiger partial charge on any atom is 0.352 e. The van der Waals surface area contributed by atoms with Crippen molar-refractivity contribution >= 4 is 45.8 Å². The molecule has 2 aromatic heterocycles. The zero-order valence-corrected chi connectivity index (χ0v) is 16.5. The largest absolute Gasteiger partial charge is 0.477 e. The fourth-order valence-electron chi connectivity index (χ4n) is 3.07. The van der Waals surface area contributed by atoms with Crippen LogP contribution in [0.4, 0.5) is 5.69 Å².